The van der Waals surface area contributed by atoms with E-state index in [1.165, 1.54) is 4.90 Å². The predicted molar refractivity (Wildman–Crippen MR) is 204 cm³/mol. The summed E-state index contributed by atoms with van der Waals surface area (Å²) in [5.41, 5.74) is 1.73. The highest BCUT2D eigenvalue weighted by Gasteiger charge is 2.45. The smallest absolute Gasteiger partial charge is 0.261 e. The monoisotopic (exact) mass is 670 g/mol. The van der Waals surface area contributed by atoms with Crippen molar-refractivity contribution in [2.24, 2.45) is 0 Å². The maximum absolute atomic E-state index is 14.4. The summed E-state index contributed by atoms with van der Waals surface area (Å²) in [5.74, 6) is -0.854. The summed E-state index contributed by atoms with van der Waals surface area (Å²) < 4.78 is 0. The first-order valence-corrected chi connectivity index (χ1v) is 19.2. The Kier molecular flexibility index (Phi) is 9.17. The van der Waals surface area contributed by atoms with Gasteiger partial charge in [-0.1, -0.05) is 110 Å². The molecule has 50 heavy (non-hydrogen) atoms. The van der Waals surface area contributed by atoms with Gasteiger partial charge in [-0.3, -0.25) is 29.0 Å². The third-order valence-electron chi connectivity index (χ3n) is 12.3. The fraction of sp³-hybridized carbons (Fsp3) is 0.455. The molecule has 2 aliphatic heterocycles. The quantitative estimate of drug-likeness (QED) is 0.0481. The van der Waals surface area contributed by atoms with E-state index in [1.807, 2.05) is 69.3 Å². The number of nitrogens with zero attached hydrogens (tertiary/aromatic N) is 2. The van der Waals surface area contributed by atoms with Crippen LogP contribution < -0.4 is 0 Å². The summed E-state index contributed by atoms with van der Waals surface area (Å²) in [5, 5.41) is 6.91. The molecule has 0 radical (unpaired) electrons. The largest absolute Gasteiger partial charge is 0.271 e. The van der Waals surface area contributed by atoms with Crippen molar-refractivity contribution < 1.29 is 19.2 Å². The second-order valence-electron chi connectivity index (χ2n) is 14.7. The molecule has 0 bridgehead atoms. The first kappa shape index (κ1) is 34.1. The summed E-state index contributed by atoms with van der Waals surface area (Å²) in [4.78, 5) is 60.4. The molecule has 0 atom stereocenters. The molecule has 260 valence electrons. The van der Waals surface area contributed by atoms with Crippen molar-refractivity contribution in [3.63, 3.8) is 0 Å². The number of amides is 4. The van der Waals surface area contributed by atoms with Crippen molar-refractivity contribution >= 4 is 66.7 Å². The van der Waals surface area contributed by atoms with Gasteiger partial charge < -0.3 is 0 Å². The maximum Gasteiger partial charge on any atom is 0.261 e. The topological polar surface area (TPSA) is 74.8 Å². The summed E-state index contributed by atoms with van der Waals surface area (Å²) in [7, 11) is 0. The van der Waals surface area contributed by atoms with Crippen molar-refractivity contribution in [2.45, 2.75) is 130 Å². The molecule has 0 spiro atoms. The van der Waals surface area contributed by atoms with Crippen LogP contribution in [0, 0.1) is 0 Å². The zero-order chi connectivity index (χ0) is 35.3. The van der Waals surface area contributed by atoms with Gasteiger partial charge in [0.2, 0.25) is 0 Å². The Labute approximate surface area is 295 Å². The third kappa shape index (κ3) is 4.96. The average molecular weight is 671 g/mol. The lowest BCUT2D eigenvalue weighted by Gasteiger charge is -2.43. The molecule has 0 saturated carbocycles. The van der Waals surface area contributed by atoms with Gasteiger partial charge in [-0.15, -0.1) is 0 Å². The number of hydrogen-bond acceptors (Lipinski definition) is 4. The summed E-state index contributed by atoms with van der Waals surface area (Å²) in [6, 6.07) is 15.4. The molecule has 5 aromatic rings. The van der Waals surface area contributed by atoms with E-state index in [2.05, 4.69) is 13.8 Å². The van der Waals surface area contributed by atoms with Crippen LogP contribution in [0.2, 0.25) is 0 Å². The van der Waals surface area contributed by atoms with Gasteiger partial charge in [-0.25, -0.2) is 0 Å². The number of fused-ring (bicyclic) bond motifs is 2. The molecule has 0 saturated heterocycles. The van der Waals surface area contributed by atoms with E-state index in [-0.39, 0.29) is 29.7 Å². The van der Waals surface area contributed by atoms with E-state index in [1.54, 1.807) is 4.90 Å². The van der Waals surface area contributed by atoms with Gasteiger partial charge in [0.05, 0.1) is 5.54 Å². The number of unbranched alkanes of at least 4 members (excludes halogenated alkanes) is 6. The van der Waals surface area contributed by atoms with Gasteiger partial charge in [0.25, 0.3) is 23.6 Å². The lowest BCUT2D eigenvalue weighted by atomic mass is 9.80. The van der Waals surface area contributed by atoms with E-state index < -0.39 is 5.54 Å². The molecule has 0 aromatic heterocycles. The van der Waals surface area contributed by atoms with Crippen LogP contribution in [0.5, 0.6) is 0 Å². The van der Waals surface area contributed by atoms with Crippen LogP contribution in [0.15, 0.2) is 48.5 Å². The minimum atomic E-state index is -0.539. The van der Waals surface area contributed by atoms with Gasteiger partial charge >= 0.3 is 0 Å². The average Bonchev–Trinajstić information content (AvgIpc) is 3.14. The number of benzene rings is 5. The molecule has 0 unspecified atom stereocenters. The minimum absolute atomic E-state index is 0.113. The van der Waals surface area contributed by atoms with Gasteiger partial charge in [-0.2, -0.15) is 0 Å². The van der Waals surface area contributed by atoms with Crippen LogP contribution in [0.25, 0.3) is 43.1 Å². The summed E-state index contributed by atoms with van der Waals surface area (Å²) >= 11 is 0. The van der Waals surface area contributed by atoms with Gasteiger partial charge in [0, 0.05) is 39.1 Å². The SMILES string of the molecule is CCCCCCC(CCCCCC)N1C(=O)c2ccc3c4ccc5c6c(ccc(c7ccc(c2c37)C1=O)c64)C(=O)N(C(CC)(CC)CC)C5=O. The Balaban J connectivity index is 1.38. The number of rotatable bonds is 15. The Morgan fingerprint density at radius 3 is 1.16 bits per heavy atom. The molecule has 2 heterocycles. The van der Waals surface area contributed by atoms with Crippen LogP contribution in [-0.4, -0.2) is 45.0 Å². The van der Waals surface area contributed by atoms with E-state index >= 15 is 0 Å². The van der Waals surface area contributed by atoms with Crippen molar-refractivity contribution in [3.8, 4) is 0 Å². The Hall–Kier alpha value is -4.32. The molecule has 0 aliphatic carbocycles. The number of carbonyl (C=O) groups excluding carboxylic acids is 4. The van der Waals surface area contributed by atoms with Crippen molar-refractivity contribution in [1.29, 1.82) is 0 Å². The highest BCUT2D eigenvalue weighted by atomic mass is 16.2. The lowest BCUT2D eigenvalue weighted by Crippen LogP contribution is -2.55. The molecule has 6 nitrogen and oxygen atoms in total. The Morgan fingerprint density at radius 1 is 0.460 bits per heavy atom. The second-order valence-corrected chi connectivity index (χ2v) is 14.7. The van der Waals surface area contributed by atoms with Crippen molar-refractivity contribution in [1.82, 2.24) is 9.80 Å². The summed E-state index contributed by atoms with van der Waals surface area (Å²) in [6.07, 6.45) is 12.6. The van der Waals surface area contributed by atoms with Crippen LogP contribution in [0.3, 0.4) is 0 Å². The Bertz CT molecular complexity index is 2020. The zero-order valence-electron chi connectivity index (χ0n) is 30.4. The van der Waals surface area contributed by atoms with E-state index in [9.17, 15) is 19.2 Å². The van der Waals surface area contributed by atoms with Crippen LogP contribution in [-0.2, 0) is 0 Å². The van der Waals surface area contributed by atoms with Crippen LogP contribution in [0.1, 0.15) is 160 Å². The zero-order valence-corrected chi connectivity index (χ0v) is 30.4. The highest BCUT2D eigenvalue weighted by Crippen LogP contribution is 2.47. The molecule has 5 aromatic carbocycles. The van der Waals surface area contributed by atoms with Crippen LogP contribution >= 0.6 is 0 Å². The van der Waals surface area contributed by atoms with E-state index in [0.717, 1.165) is 102 Å². The molecule has 0 N–H and O–H groups in total. The third-order valence-corrected chi connectivity index (χ3v) is 12.3. The number of imide groups is 2. The first-order chi connectivity index (χ1) is 24.3. The lowest BCUT2D eigenvalue weighted by molar-refractivity contribution is 0.0337. The second kappa shape index (κ2) is 13.4. The molecule has 2 aliphatic rings. The number of carbonyl (C=O) groups is 4. The van der Waals surface area contributed by atoms with E-state index in [0.29, 0.717) is 46.9 Å². The molecular formula is C44H50N2O4. The maximum atomic E-state index is 14.4. The molecule has 6 heteroatoms. The first-order valence-electron chi connectivity index (χ1n) is 19.2. The fourth-order valence-electron chi connectivity index (χ4n) is 9.29. The van der Waals surface area contributed by atoms with Gasteiger partial charge in [0.1, 0.15) is 0 Å². The van der Waals surface area contributed by atoms with Crippen molar-refractivity contribution in [2.75, 3.05) is 0 Å². The standard InChI is InChI=1S/C44H50N2O4/c1-6-11-13-15-17-27(18-16-14-12-7-2)45-40(47)32-23-19-28-30-21-25-34-39-35(43(50)46(42(34)49)44(8-3,9-4)10-5)26-22-31(37(30)39)29-20-24-33(41(45)48)38(32)36(28)29/h19-27H,6-18H2,1-5H3. The predicted octanol–water partition coefficient (Wildman–Crippen LogP) is 11.2. The van der Waals surface area contributed by atoms with E-state index in [4.69, 9.17) is 0 Å². The molecule has 0 fully saturated rings. The van der Waals surface area contributed by atoms with Crippen LogP contribution in [0.4, 0.5) is 0 Å². The minimum Gasteiger partial charge on any atom is -0.271 e. The summed E-state index contributed by atoms with van der Waals surface area (Å²) in [6.45, 7) is 10.5. The molecule has 7 rings (SSSR count). The van der Waals surface area contributed by atoms with Gasteiger partial charge in [-0.05, 0) is 88.7 Å². The molecular weight excluding hydrogens is 620 g/mol. The Morgan fingerprint density at radius 2 is 0.820 bits per heavy atom. The fourth-order valence-corrected chi connectivity index (χ4v) is 9.29. The normalized spacial score (nSPS) is 15.0. The number of hydrogen-bond donors (Lipinski definition) is 0. The van der Waals surface area contributed by atoms with Crippen molar-refractivity contribution in [3.05, 3.63) is 70.8 Å². The van der Waals surface area contributed by atoms with Gasteiger partial charge in [0.15, 0.2) is 0 Å². The molecule has 4 amide bonds. The highest BCUT2D eigenvalue weighted by molar-refractivity contribution is 6.41.